The quantitative estimate of drug-likeness (QED) is 0.247. The molecule has 24 heavy (non-hydrogen) atoms. The highest BCUT2D eigenvalue weighted by Crippen LogP contribution is 2.44. The second-order valence-electron chi connectivity index (χ2n) is 6.74. The Bertz CT molecular complexity index is 524. The molecule has 0 radical (unpaired) electrons. The molecule has 0 saturated heterocycles. The van der Waals surface area contributed by atoms with Crippen molar-refractivity contribution in [3.8, 4) is 0 Å². The number of unbranched alkanes of at least 4 members (excludes halogenated alkanes) is 8. The Morgan fingerprint density at radius 1 is 0.917 bits per heavy atom. The Balaban J connectivity index is 2.66. The Morgan fingerprint density at radius 2 is 1.46 bits per heavy atom. The van der Waals surface area contributed by atoms with Crippen molar-refractivity contribution in [1.29, 1.82) is 0 Å². The van der Waals surface area contributed by atoms with E-state index in [4.69, 9.17) is 23.2 Å². The van der Waals surface area contributed by atoms with Crippen molar-refractivity contribution >= 4 is 33.9 Å². The predicted octanol–water partition coefficient (Wildman–Crippen LogP) is 7.80. The summed E-state index contributed by atoms with van der Waals surface area (Å²) in [7, 11) is -0.332. The normalized spacial score (nSPS) is 13.5. The van der Waals surface area contributed by atoms with Crippen LogP contribution in [-0.2, 0) is 6.54 Å². The van der Waals surface area contributed by atoms with Crippen molar-refractivity contribution < 1.29 is 0 Å². The molecule has 2 atom stereocenters. The first kappa shape index (κ1) is 22.1. The van der Waals surface area contributed by atoms with Crippen molar-refractivity contribution in [2.24, 2.45) is 0 Å². The summed E-state index contributed by atoms with van der Waals surface area (Å²) in [4.78, 5) is 12.4. The fourth-order valence-corrected chi connectivity index (χ4v) is 6.49. The van der Waals surface area contributed by atoms with Crippen LogP contribution in [-0.4, -0.2) is 3.96 Å². The van der Waals surface area contributed by atoms with E-state index in [9.17, 15) is 4.79 Å². The van der Waals surface area contributed by atoms with Gasteiger partial charge in [0.25, 0.3) is 4.34 Å². The first-order valence-electron chi connectivity index (χ1n) is 9.64. The summed E-state index contributed by atoms with van der Waals surface area (Å²) in [5, 5.41) is 0.654. The second kappa shape index (κ2) is 12.4. The molecule has 0 aromatic carbocycles. The summed E-state index contributed by atoms with van der Waals surface area (Å²) in [5.74, 6) is 0. The zero-order valence-corrected chi connectivity index (χ0v) is 17.9. The summed E-state index contributed by atoms with van der Waals surface area (Å²) >= 11 is 12.6. The van der Waals surface area contributed by atoms with E-state index in [2.05, 4.69) is 20.8 Å². The monoisotopic (exact) mass is 394 g/mol. The molecule has 140 valence electrons. The average Bonchev–Trinajstić information content (AvgIpc) is 2.79. The van der Waals surface area contributed by atoms with Gasteiger partial charge in [0.05, 0.1) is 17.2 Å². The van der Waals surface area contributed by atoms with E-state index in [1.807, 2.05) is 3.96 Å². The fourth-order valence-electron chi connectivity index (χ4n) is 3.07. The molecule has 0 amide bonds. The number of halogens is 2. The maximum Gasteiger partial charge on any atom is 0.316 e. The predicted molar refractivity (Wildman–Crippen MR) is 110 cm³/mol. The Labute approximate surface area is 160 Å². The summed E-state index contributed by atoms with van der Waals surface area (Å²) in [6.45, 7) is 7.46. The van der Waals surface area contributed by atoms with E-state index in [1.165, 1.54) is 57.8 Å². The van der Waals surface area contributed by atoms with Gasteiger partial charge in [-0.05, 0) is 31.4 Å². The molecule has 0 spiro atoms. The van der Waals surface area contributed by atoms with Gasteiger partial charge in [-0.1, -0.05) is 76.8 Å². The Kier molecular flexibility index (Phi) is 11.4. The van der Waals surface area contributed by atoms with E-state index in [-0.39, 0.29) is 21.2 Å². The van der Waals surface area contributed by atoms with Gasteiger partial charge < -0.3 is 0 Å². The van der Waals surface area contributed by atoms with Crippen LogP contribution < -0.4 is 5.56 Å². The molecule has 0 aliphatic rings. The lowest BCUT2D eigenvalue weighted by atomic mass is 10.1. The van der Waals surface area contributed by atoms with Crippen molar-refractivity contribution in [2.45, 2.75) is 103 Å². The number of rotatable bonds is 13. The van der Waals surface area contributed by atoms with Crippen molar-refractivity contribution in [1.82, 2.24) is 3.96 Å². The Morgan fingerprint density at radius 3 is 2.08 bits per heavy atom. The minimum atomic E-state index is -0.332. The highest BCUT2D eigenvalue weighted by atomic mass is 35.5. The van der Waals surface area contributed by atoms with E-state index >= 15 is 0 Å². The maximum atomic E-state index is 12.4. The summed E-state index contributed by atoms with van der Waals surface area (Å²) in [5.41, 5.74) is -0.0565. The largest absolute Gasteiger partial charge is 0.316 e. The second-order valence-corrected chi connectivity index (χ2v) is 10.0. The number of nitrogens with zero attached hydrogens (tertiary/aromatic N) is 1. The van der Waals surface area contributed by atoms with Gasteiger partial charge in [0.2, 0.25) is 0 Å². The van der Waals surface area contributed by atoms with Crippen LogP contribution in [0.15, 0.2) is 4.79 Å². The number of hydrogen-bond donors (Lipinski definition) is 0. The minimum absolute atomic E-state index is 0.0565. The lowest BCUT2D eigenvalue weighted by Crippen LogP contribution is -2.15. The molecule has 0 aliphatic carbocycles. The molecular weight excluding hydrogens is 361 g/mol. The molecule has 1 rings (SSSR count). The van der Waals surface area contributed by atoms with Crippen molar-refractivity contribution in [3.63, 3.8) is 0 Å². The van der Waals surface area contributed by atoms with Gasteiger partial charge >= 0.3 is 5.56 Å². The molecule has 2 unspecified atom stereocenters. The highest BCUT2D eigenvalue weighted by Gasteiger charge is 2.32. The topological polar surface area (TPSA) is 22.0 Å². The molecule has 0 N–H and O–H groups in total. The minimum Gasteiger partial charge on any atom is -0.263 e. The average molecular weight is 395 g/mol. The molecule has 0 saturated carbocycles. The molecule has 0 bridgehead atoms. The SMILES string of the molecule is CCCCCCCCn1c(=O)c(Cl)c(Cl)[s+]1C(C)CCCCCC. The lowest BCUT2D eigenvalue weighted by molar-refractivity contribution is 0.563. The van der Waals surface area contributed by atoms with Crippen LogP contribution in [0.3, 0.4) is 0 Å². The van der Waals surface area contributed by atoms with Gasteiger partial charge in [-0.25, -0.2) is 0 Å². The fraction of sp³-hybridized carbons (Fsp3) is 0.842. The molecule has 0 fully saturated rings. The third-order valence-corrected chi connectivity index (χ3v) is 8.18. The van der Waals surface area contributed by atoms with Crippen LogP contribution in [0.1, 0.15) is 96.7 Å². The molecule has 1 heterocycles. The van der Waals surface area contributed by atoms with E-state index in [0.29, 0.717) is 9.59 Å². The van der Waals surface area contributed by atoms with Crippen molar-refractivity contribution in [2.75, 3.05) is 0 Å². The summed E-state index contributed by atoms with van der Waals surface area (Å²) in [6.07, 6.45) is 13.5. The van der Waals surface area contributed by atoms with Gasteiger partial charge in [0.15, 0.2) is 10.3 Å². The van der Waals surface area contributed by atoms with E-state index < -0.39 is 0 Å². The maximum absolute atomic E-state index is 12.4. The van der Waals surface area contributed by atoms with Gasteiger partial charge in [0.1, 0.15) is 0 Å². The summed E-state index contributed by atoms with van der Waals surface area (Å²) < 4.78 is 2.55. The van der Waals surface area contributed by atoms with Gasteiger partial charge in [-0.15, -0.1) is 3.96 Å². The van der Waals surface area contributed by atoms with Crippen LogP contribution in [0.25, 0.3) is 0 Å². The molecular formula is C19H34Cl2NOS+. The van der Waals surface area contributed by atoms with Gasteiger partial charge in [0, 0.05) is 6.42 Å². The molecule has 5 heteroatoms. The van der Waals surface area contributed by atoms with Crippen molar-refractivity contribution in [3.05, 3.63) is 19.7 Å². The number of aromatic nitrogens is 1. The van der Waals surface area contributed by atoms with Gasteiger partial charge in [-0.3, -0.25) is 4.79 Å². The first-order chi connectivity index (χ1) is 11.5. The lowest BCUT2D eigenvalue weighted by Gasteiger charge is -2.07. The zero-order chi connectivity index (χ0) is 17.9. The molecule has 0 aliphatic heterocycles. The van der Waals surface area contributed by atoms with Crippen LogP contribution >= 0.6 is 33.9 Å². The third kappa shape index (κ3) is 6.72. The third-order valence-electron chi connectivity index (χ3n) is 4.57. The zero-order valence-electron chi connectivity index (χ0n) is 15.6. The molecule has 2 nitrogen and oxygen atoms in total. The summed E-state index contributed by atoms with van der Waals surface area (Å²) in [6, 6.07) is 0. The highest BCUT2D eigenvalue weighted by molar-refractivity contribution is 7.31. The number of hydrogen-bond acceptors (Lipinski definition) is 1. The standard InChI is InChI=1S/C19H34Cl2NOS/c1-4-6-8-10-11-13-15-22-19(23)17(20)18(21)24(22)16(3)14-12-9-7-5-2/h16H,4-15H2,1-3H3/q+1. The van der Waals surface area contributed by atoms with E-state index in [0.717, 1.165) is 19.4 Å². The smallest absolute Gasteiger partial charge is 0.263 e. The van der Waals surface area contributed by atoms with Crippen LogP contribution in [0.2, 0.25) is 9.36 Å². The van der Waals surface area contributed by atoms with Crippen LogP contribution in [0.4, 0.5) is 0 Å². The first-order valence-corrected chi connectivity index (χ1v) is 11.6. The van der Waals surface area contributed by atoms with E-state index in [1.54, 1.807) is 0 Å². The Hall–Kier alpha value is 0.01000. The molecule has 1 aromatic heterocycles. The molecule has 1 aromatic rings. The van der Waals surface area contributed by atoms with Gasteiger partial charge in [-0.2, -0.15) is 0 Å². The van der Waals surface area contributed by atoms with Crippen LogP contribution in [0, 0.1) is 0 Å². The van der Waals surface area contributed by atoms with Crippen LogP contribution in [0.5, 0.6) is 0 Å².